The number of para-hydroxylation sites is 1. The van der Waals surface area contributed by atoms with Gasteiger partial charge < -0.3 is 37.9 Å². The first-order valence-electron chi connectivity index (χ1n) is 26.3. The Hall–Kier alpha value is -7.42. The monoisotopic (exact) mass is 1110 g/mol. The average molecular weight is 1110 g/mol. The first kappa shape index (κ1) is 69.6. The van der Waals surface area contributed by atoms with E-state index in [0.29, 0.717) is 56.3 Å². The van der Waals surface area contributed by atoms with Crippen LogP contribution in [0, 0.1) is 24.2 Å². The number of aliphatic imine (C=N–C) groups is 1. The van der Waals surface area contributed by atoms with Gasteiger partial charge in [-0.05, 0) is 134 Å². The third-order valence-corrected chi connectivity index (χ3v) is 12.4. The van der Waals surface area contributed by atoms with Crippen molar-refractivity contribution in [2.45, 2.75) is 122 Å². The molecule has 0 aromatic heterocycles. The molecule has 0 saturated heterocycles. The molecular weight excluding hydrogens is 1030 g/mol. The zero-order valence-electron chi connectivity index (χ0n) is 47.2. The molecule has 1 aromatic rings. The summed E-state index contributed by atoms with van der Waals surface area (Å²) in [4.78, 5) is 68.7. The van der Waals surface area contributed by atoms with Crippen LogP contribution >= 0.6 is 11.8 Å². The van der Waals surface area contributed by atoms with Gasteiger partial charge >= 0.3 is 29.8 Å². The molecule has 4 atom stereocenters. The molecule has 0 aliphatic rings. The van der Waals surface area contributed by atoms with E-state index in [4.69, 9.17) is 44.3 Å². The van der Waals surface area contributed by atoms with Crippen molar-refractivity contribution in [2.24, 2.45) is 21.9 Å². The van der Waals surface area contributed by atoms with E-state index in [0.717, 1.165) is 68.9 Å². The Balaban J connectivity index is 2.93. The van der Waals surface area contributed by atoms with Crippen LogP contribution in [0.5, 0.6) is 0 Å². The summed E-state index contributed by atoms with van der Waals surface area (Å²) >= 11 is 1.42. The van der Waals surface area contributed by atoms with Crippen LogP contribution in [0.2, 0.25) is 0 Å². The molecule has 17 heteroatoms. The number of esters is 5. The van der Waals surface area contributed by atoms with Crippen LogP contribution in [0.25, 0.3) is 0 Å². The second-order valence-electron chi connectivity index (χ2n) is 18.3. The maximum atomic E-state index is 13.7. The Morgan fingerprint density at radius 2 is 1.18 bits per heavy atom. The fourth-order valence-electron chi connectivity index (χ4n) is 6.52. The number of nitrogens with zero attached hydrogens (tertiary/aromatic N) is 3. The quantitative estimate of drug-likeness (QED) is 0.00513. The lowest BCUT2D eigenvalue weighted by Crippen LogP contribution is -2.21. The van der Waals surface area contributed by atoms with Gasteiger partial charge in [-0.15, -0.1) is 18.2 Å². The summed E-state index contributed by atoms with van der Waals surface area (Å²) in [6.07, 6.45) is 22.8. The van der Waals surface area contributed by atoms with Crippen LogP contribution < -0.4 is 0 Å². The fourth-order valence-corrected chi connectivity index (χ4v) is 7.42. The highest BCUT2D eigenvalue weighted by atomic mass is 32.2. The fraction of sp³-hybridized carbons (Fsp3) is 0.435. The van der Waals surface area contributed by atoms with E-state index in [1.807, 2.05) is 24.3 Å². The number of ether oxygens (including phenoxy) is 8. The number of rotatable bonds is 44. The molecule has 0 spiro atoms. The molecule has 0 fully saturated rings. The van der Waals surface area contributed by atoms with Gasteiger partial charge in [-0.25, -0.2) is 14.4 Å². The molecule has 0 aliphatic heterocycles. The summed E-state index contributed by atoms with van der Waals surface area (Å²) in [5.74, 6) is -0.593. The minimum absolute atomic E-state index is 0.0842. The van der Waals surface area contributed by atoms with Crippen LogP contribution in [-0.4, -0.2) is 106 Å². The second kappa shape index (κ2) is 41.6. The minimum Gasteiger partial charge on any atom is -0.494 e. The highest BCUT2D eigenvalue weighted by Crippen LogP contribution is 2.29. The molecule has 79 heavy (non-hydrogen) atoms. The van der Waals surface area contributed by atoms with E-state index >= 15 is 0 Å². The maximum Gasteiger partial charge on any atom is 0.338 e. The van der Waals surface area contributed by atoms with Gasteiger partial charge in [0, 0.05) is 30.3 Å². The summed E-state index contributed by atoms with van der Waals surface area (Å²) in [6.45, 7) is 39.1. The topological polar surface area (TPSA) is 187 Å². The standard InChI is InChI=1S/C62H83N3O13S/c1-15-37-65(44-79-57-28-22-21-27-56(57)63-13)64-43-55(54(12)62(70)77-51(9)34-31-46(4)60(68)76-52(10)36-35-49(7)73-40-24-18-17-23-38-71-14)42-53(11)78-61(69)47(5)30-33-50(8)75-59(67)45(3)29-32-48(6)72-39-25-19-20-26-41-74-58(66)16-2/h1,16,21-22,27-29,32,35-36,42-43,46-47,50-51H,2-3,6-7,10-13,17-20,23-26,30-31,33-34,37-41,44H2,4-5,8-9,14H3/b32-29-,36-35-,55-42-,64-43+/t46?,47?,50-,51-/m0/s1. The Kier molecular flexibility index (Phi) is 36.7. The number of thioether (sulfide) groups is 1. The van der Waals surface area contributed by atoms with Crippen LogP contribution in [0.15, 0.2) is 162 Å². The van der Waals surface area contributed by atoms with Crippen LogP contribution in [0.4, 0.5) is 5.69 Å². The van der Waals surface area contributed by atoms with Crippen molar-refractivity contribution >= 4 is 60.2 Å². The molecule has 430 valence electrons. The molecule has 1 rings (SSSR count). The summed E-state index contributed by atoms with van der Waals surface area (Å²) in [7, 11) is 1.69. The second-order valence-corrected chi connectivity index (χ2v) is 19.3. The van der Waals surface area contributed by atoms with Crippen molar-refractivity contribution < 1.29 is 61.9 Å². The Morgan fingerprint density at radius 3 is 1.72 bits per heavy atom. The number of methoxy groups -OCH3 is 1. The molecule has 16 nitrogen and oxygen atoms in total. The molecule has 1 aromatic carbocycles. The third-order valence-electron chi connectivity index (χ3n) is 11.3. The normalized spacial score (nSPS) is 12.7. The van der Waals surface area contributed by atoms with Gasteiger partial charge in [0.2, 0.25) is 0 Å². The van der Waals surface area contributed by atoms with Crippen molar-refractivity contribution in [2.75, 3.05) is 46.0 Å². The third kappa shape index (κ3) is 32.8. The minimum atomic E-state index is -0.797. The molecule has 0 bridgehead atoms. The van der Waals surface area contributed by atoms with Crippen molar-refractivity contribution in [3.8, 4) is 12.3 Å². The van der Waals surface area contributed by atoms with E-state index in [2.05, 4.69) is 68.8 Å². The van der Waals surface area contributed by atoms with Crippen LogP contribution in [0.1, 0.15) is 105 Å². The number of benzene rings is 1. The summed E-state index contributed by atoms with van der Waals surface area (Å²) in [5, 5.41) is 6.13. The summed E-state index contributed by atoms with van der Waals surface area (Å²) < 4.78 is 43.6. The highest BCUT2D eigenvalue weighted by Gasteiger charge is 2.23. The van der Waals surface area contributed by atoms with E-state index in [1.165, 1.54) is 42.3 Å². The molecular formula is C62H83N3O13S. The number of hydrazone groups is 1. The molecule has 0 N–H and O–H groups in total. The number of allylic oxidation sites excluding steroid dienone is 4. The number of hydrogen-bond donors (Lipinski definition) is 0. The van der Waals surface area contributed by atoms with E-state index in [1.54, 1.807) is 45.9 Å². The molecule has 0 saturated carbocycles. The first-order valence-corrected chi connectivity index (χ1v) is 27.2. The van der Waals surface area contributed by atoms with E-state index < -0.39 is 53.9 Å². The zero-order chi connectivity index (χ0) is 59.0. The van der Waals surface area contributed by atoms with Crippen molar-refractivity contribution in [1.29, 1.82) is 0 Å². The van der Waals surface area contributed by atoms with Gasteiger partial charge in [-0.2, -0.15) is 5.10 Å². The number of carbonyl (C=O) groups is 5. The lowest BCUT2D eigenvalue weighted by atomic mass is 10.0. The largest absolute Gasteiger partial charge is 0.494 e. The molecule has 0 radical (unpaired) electrons. The lowest BCUT2D eigenvalue weighted by Gasteiger charge is -2.18. The first-order chi connectivity index (χ1) is 37.7. The average Bonchev–Trinajstić information content (AvgIpc) is 3.42. The van der Waals surface area contributed by atoms with Crippen molar-refractivity contribution in [3.63, 3.8) is 0 Å². The summed E-state index contributed by atoms with van der Waals surface area (Å²) in [6, 6.07) is 7.44. The number of unbranched alkanes of at least 4 members (excludes halogenated alkanes) is 6. The summed E-state index contributed by atoms with van der Waals surface area (Å²) in [5.41, 5.74) is 0.752. The predicted molar refractivity (Wildman–Crippen MR) is 314 cm³/mol. The maximum absolute atomic E-state index is 13.7. The predicted octanol–water partition coefficient (Wildman–Crippen LogP) is 12.5. The molecule has 0 heterocycles. The van der Waals surface area contributed by atoms with E-state index in [-0.39, 0.29) is 47.1 Å². The van der Waals surface area contributed by atoms with Crippen LogP contribution in [-0.2, 0) is 61.9 Å². The van der Waals surface area contributed by atoms with E-state index in [9.17, 15) is 24.0 Å². The van der Waals surface area contributed by atoms with Gasteiger partial charge in [0.25, 0.3) is 0 Å². The molecule has 2 unspecified atom stereocenters. The number of carbonyl (C=O) groups excluding carboxylic acids is 5. The van der Waals surface area contributed by atoms with Gasteiger partial charge in [-0.1, -0.05) is 84.4 Å². The lowest BCUT2D eigenvalue weighted by molar-refractivity contribution is -0.146. The Morgan fingerprint density at radius 1 is 0.671 bits per heavy atom. The number of terminal acetylenes is 1. The van der Waals surface area contributed by atoms with Crippen molar-refractivity contribution in [3.05, 3.63) is 147 Å². The van der Waals surface area contributed by atoms with Gasteiger partial charge in [0.15, 0.2) is 0 Å². The zero-order valence-corrected chi connectivity index (χ0v) is 48.0. The molecule has 0 amide bonds. The Bertz CT molecular complexity index is 2410. The number of hydrogen-bond acceptors (Lipinski definition) is 17. The SMILES string of the molecule is C#CCN(CSc1ccccc1N=C)/N=C/C(=C/C(=C)OC(=O)C(C)CC[C@H](C)OC(=O)C(=C)/C=C\C(=C)OCCCCCCOC(=O)C=C)C(=C)C(=O)O[C@@H](C)CCC(C)C(=O)OC(=C)/C=C\C(=C)OCCCCCCOC. The van der Waals surface area contributed by atoms with Gasteiger partial charge in [-0.3, -0.25) is 19.6 Å². The molecule has 0 aliphatic carbocycles. The smallest absolute Gasteiger partial charge is 0.338 e. The van der Waals surface area contributed by atoms with Gasteiger partial charge in [0.1, 0.15) is 23.0 Å². The van der Waals surface area contributed by atoms with Crippen LogP contribution in [0.3, 0.4) is 0 Å². The van der Waals surface area contributed by atoms with Crippen molar-refractivity contribution in [1.82, 2.24) is 5.01 Å². The highest BCUT2D eigenvalue weighted by molar-refractivity contribution is 7.99. The van der Waals surface area contributed by atoms with Gasteiger partial charge in [0.05, 0.1) is 79.3 Å². The Labute approximate surface area is 473 Å².